The topological polar surface area (TPSA) is 69.9 Å². The Morgan fingerprint density at radius 3 is 2.60 bits per heavy atom. The van der Waals surface area contributed by atoms with Gasteiger partial charge >= 0.3 is 0 Å². The Labute approximate surface area is 59.8 Å². The van der Waals surface area contributed by atoms with Crippen LogP contribution < -0.4 is 11.5 Å². The molecule has 0 amide bonds. The van der Waals surface area contributed by atoms with Gasteiger partial charge in [-0.3, -0.25) is 0 Å². The van der Waals surface area contributed by atoms with Crippen molar-refractivity contribution in [3.8, 4) is 0 Å². The molecule has 0 spiro atoms. The number of rotatable bonds is 2. The molecule has 0 atom stereocenters. The van der Waals surface area contributed by atoms with E-state index in [0.29, 0.717) is 13.1 Å². The van der Waals surface area contributed by atoms with Crippen LogP contribution in [0.1, 0.15) is 11.4 Å². The molecule has 4 heteroatoms. The maximum absolute atomic E-state index is 5.46. The molecule has 1 rings (SSSR count). The smallest absolute Gasteiger partial charge is 0.0949 e. The molecule has 0 aliphatic carbocycles. The lowest BCUT2D eigenvalue weighted by atomic mass is 10.3. The summed E-state index contributed by atoms with van der Waals surface area (Å²) in [5.41, 5.74) is 12.8. The van der Waals surface area contributed by atoms with Crippen LogP contribution in [-0.2, 0) is 20.1 Å². The third-order valence-corrected chi connectivity index (χ3v) is 1.53. The Hall–Kier alpha value is -0.870. The van der Waals surface area contributed by atoms with Gasteiger partial charge in [-0.2, -0.15) is 0 Å². The van der Waals surface area contributed by atoms with Gasteiger partial charge in [-0.25, -0.2) is 4.98 Å². The normalized spacial score (nSPS) is 10.3. The maximum atomic E-state index is 5.46. The molecule has 4 nitrogen and oxygen atoms in total. The zero-order chi connectivity index (χ0) is 7.56. The Morgan fingerprint density at radius 1 is 1.50 bits per heavy atom. The molecule has 56 valence electrons. The molecule has 10 heavy (non-hydrogen) atoms. The first-order chi connectivity index (χ1) is 4.79. The van der Waals surface area contributed by atoms with Crippen molar-refractivity contribution in [2.24, 2.45) is 18.5 Å². The number of hydrogen-bond donors (Lipinski definition) is 2. The zero-order valence-corrected chi connectivity index (χ0v) is 6.04. The predicted octanol–water partition coefficient (Wildman–Crippen LogP) is -0.662. The lowest BCUT2D eigenvalue weighted by Crippen LogP contribution is -2.08. The van der Waals surface area contributed by atoms with Crippen LogP contribution in [0.4, 0.5) is 0 Å². The van der Waals surface area contributed by atoms with Crippen molar-refractivity contribution in [1.29, 1.82) is 0 Å². The molecule has 0 bridgehead atoms. The molecule has 0 unspecified atom stereocenters. The highest BCUT2D eigenvalue weighted by Gasteiger charge is 2.03. The van der Waals surface area contributed by atoms with Gasteiger partial charge in [0.1, 0.15) is 0 Å². The zero-order valence-electron chi connectivity index (χ0n) is 6.04. The molecule has 0 fully saturated rings. The highest BCUT2D eigenvalue weighted by Crippen LogP contribution is 2.02. The van der Waals surface area contributed by atoms with Gasteiger partial charge in [0.15, 0.2) is 0 Å². The van der Waals surface area contributed by atoms with E-state index >= 15 is 0 Å². The monoisotopic (exact) mass is 140 g/mol. The summed E-state index contributed by atoms with van der Waals surface area (Å²) in [5.74, 6) is 0. The van der Waals surface area contributed by atoms with E-state index in [-0.39, 0.29) is 0 Å². The molecule has 0 aromatic carbocycles. The van der Waals surface area contributed by atoms with E-state index in [0.717, 1.165) is 11.4 Å². The van der Waals surface area contributed by atoms with Gasteiger partial charge in [0.05, 0.1) is 17.7 Å². The second-order valence-electron chi connectivity index (χ2n) is 2.16. The van der Waals surface area contributed by atoms with Crippen LogP contribution >= 0.6 is 0 Å². The number of nitrogens with two attached hydrogens (primary N) is 2. The second kappa shape index (κ2) is 2.81. The summed E-state index contributed by atoms with van der Waals surface area (Å²) >= 11 is 0. The van der Waals surface area contributed by atoms with E-state index in [1.54, 1.807) is 6.33 Å². The molecule has 1 heterocycles. The molecule has 1 aromatic heterocycles. The Bertz CT molecular complexity index is 216. The maximum Gasteiger partial charge on any atom is 0.0949 e. The number of imidazole rings is 1. The van der Waals surface area contributed by atoms with E-state index in [1.165, 1.54) is 0 Å². The van der Waals surface area contributed by atoms with E-state index in [4.69, 9.17) is 11.5 Å². The average molecular weight is 140 g/mol. The lowest BCUT2D eigenvalue weighted by Gasteiger charge is -1.98. The number of hydrogen-bond acceptors (Lipinski definition) is 3. The minimum atomic E-state index is 0.466. The molecule has 0 aliphatic heterocycles. The molecule has 0 saturated carbocycles. The molecule has 1 aromatic rings. The van der Waals surface area contributed by atoms with Crippen molar-refractivity contribution in [1.82, 2.24) is 9.55 Å². The summed E-state index contributed by atoms with van der Waals surface area (Å²) in [6.07, 6.45) is 1.73. The first-order valence-corrected chi connectivity index (χ1v) is 3.18. The van der Waals surface area contributed by atoms with Crippen LogP contribution in [0.2, 0.25) is 0 Å². The minimum Gasteiger partial charge on any atom is -0.336 e. The summed E-state index contributed by atoms with van der Waals surface area (Å²) in [7, 11) is 1.91. The number of aromatic nitrogens is 2. The Kier molecular flexibility index (Phi) is 2.03. The summed E-state index contributed by atoms with van der Waals surface area (Å²) in [4.78, 5) is 4.06. The van der Waals surface area contributed by atoms with Crippen molar-refractivity contribution in [3.63, 3.8) is 0 Å². The highest BCUT2D eigenvalue weighted by atomic mass is 15.0. The van der Waals surface area contributed by atoms with Gasteiger partial charge < -0.3 is 16.0 Å². The molecular formula is C6H12N4. The Balaban J connectivity index is 3.01. The highest BCUT2D eigenvalue weighted by molar-refractivity contribution is 5.11. The van der Waals surface area contributed by atoms with Gasteiger partial charge in [-0.05, 0) is 0 Å². The molecular weight excluding hydrogens is 128 g/mol. The first kappa shape index (κ1) is 7.24. The fourth-order valence-electron chi connectivity index (χ4n) is 0.936. The summed E-state index contributed by atoms with van der Waals surface area (Å²) in [6.45, 7) is 0.969. The van der Waals surface area contributed by atoms with Gasteiger partial charge in [0, 0.05) is 20.1 Å². The fraction of sp³-hybridized carbons (Fsp3) is 0.500. The van der Waals surface area contributed by atoms with E-state index in [9.17, 15) is 0 Å². The van der Waals surface area contributed by atoms with Gasteiger partial charge in [0.25, 0.3) is 0 Å². The second-order valence-corrected chi connectivity index (χ2v) is 2.16. The number of aryl methyl sites for hydroxylation is 1. The van der Waals surface area contributed by atoms with Crippen molar-refractivity contribution < 1.29 is 0 Å². The fourth-order valence-corrected chi connectivity index (χ4v) is 0.936. The van der Waals surface area contributed by atoms with Gasteiger partial charge in [-0.15, -0.1) is 0 Å². The molecule has 4 N–H and O–H groups in total. The van der Waals surface area contributed by atoms with E-state index < -0.39 is 0 Å². The molecule has 0 saturated heterocycles. The van der Waals surface area contributed by atoms with Crippen LogP contribution in [-0.4, -0.2) is 9.55 Å². The lowest BCUT2D eigenvalue weighted by molar-refractivity contribution is 0.807. The summed E-state index contributed by atoms with van der Waals surface area (Å²) in [6, 6.07) is 0. The largest absolute Gasteiger partial charge is 0.336 e. The Morgan fingerprint density at radius 2 is 2.20 bits per heavy atom. The van der Waals surface area contributed by atoms with Gasteiger partial charge in [-0.1, -0.05) is 0 Å². The summed E-state index contributed by atoms with van der Waals surface area (Å²) < 4.78 is 1.89. The predicted molar refractivity (Wildman–Crippen MR) is 39.0 cm³/mol. The van der Waals surface area contributed by atoms with Crippen LogP contribution in [0.25, 0.3) is 0 Å². The van der Waals surface area contributed by atoms with Gasteiger partial charge in [0.2, 0.25) is 0 Å². The standard InChI is InChI=1S/C6H12N4/c1-10-4-9-5(2-7)6(10)3-8/h4H,2-3,7-8H2,1H3. The quantitative estimate of drug-likeness (QED) is 0.572. The van der Waals surface area contributed by atoms with Crippen LogP contribution in [0.3, 0.4) is 0 Å². The molecule has 0 aliphatic rings. The van der Waals surface area contributed by atoms with E-state index in [1.807, 2.05) is 11.6 Å². The first-order valence-electron chi connectivity index (χ1n) is 3.18. The SMILES string of the molecule is Cn1cnc(CN)c1CN. The minimum absolute atomic E-state index is 0.466. The molecule has 0 radical (unpaired) electrons. The average Bonchev–Trinajstić information content (AvgIpc) is 2.30. The van der Waals surface area contributed by atoms with Crippen molar-refractivity contribution in [3.05, 3.63) is 17.7 Å². The third-order valence-electron chi connectivity index (χ3n) is 1.53. The van der Waals surface area contributed by atoms with Crippen LogP contribution in [0.15, 0.2) is 6.33 Å². The van der Waals surface area contributed by atoms with Crippen molar-refractivity contribution in [2.45, 2.75) is 13.1 Å². The number of nitrogens with zero attached hydrogens (tertiary/aromatic N) is 2. The van der Waals surface area contributed by atoms with Crippen LogP contribution in [0, 0.1) is 0 Å². The van der Waals surface area contributed by atoms with E-state index in [2.05, 4.69) is 4.98 Å². The van der Waals surface area contributed by atoms with Crippen LogP contribution in [0.5, 0.6) is 0 Å². The summed E-state index contributed by atoms with van der Waals surface area (Å²) in [5, 5.41) is 0. The van der Waals surface area contributed by atoms with Crippen molar-refractivity contribution in [2.75, 3.05) is 0 Å². The van der Waals surface area contributed by atoms with Crippen molar-refractivity contribution >= 4 is 0 Å². The third kappa shape index (κ3) is 1.03.